The second-order valence-electron chi connectivity index (χ2n) is 6.30. The van der Waals surface area contributed by atoms with Gasteiger partial charge in [-0.3, -0.25) is 4.79 Å². The lowest BCUT2D eigenvalue weighted by atomic mass is 10.1. The molecule has 1 aromatic heterocycles. The van der Waals surface area contributed by atoms with E-state index < -0.39 is 0 Å². The average molecular weight is 344 g/mol. The molecular formula is C21H20N4O. The van der Waals surface area contributed by atoms with Crippen LogP contribution in [-0.2, 0) is 0 Å². The van der Waals surface area contributed by atoms with Crippen molar-refractivity contribution in [1.82, 2.24) is 14.7 Å². The lowest BCUT2D eigenvalue weighted by molar-refractivity contribution is 0.112. The van der Waals surface area contributed by atoms with E-state index in [-0.39, 0.29) is 0 Å². The maximum Gasteiger partial charge on any atom is 0.168 e. The number of aliphatic imine (C=N–C) groups is 1. The molecule has 0 aliphatic carbocycles. The molecule has 130 valence electrons. The number of aromatic nitrogens is 2. The summed E-state index contributed by atoms with van der Waals surface area (Å²) in [6, 6.07) is 19.5. The molecule has 0 bridgehead atoms. The van der Waals surface area contributed by atoms with Crippen molar-refractivity contribution in [3.05, 3.63) is 66.2 Å². The fourth-order valence-corrected chi connectivity index (χ4v) is 3.21. The van der Waals surface area contributed by atoms with Crippen LogP contribution in [0.5, 0.6) is 0 Å². The third kappa shape index (κ3) is 3.16. The van der Waals surface area contributed by atoms with Crippen LogP contribution in [-0.4, -0.2) is 40.4 Å². The van der Waals surface area contributed by atoms with Crippen molar-refractivity contribution in [3.63, 3.8) is 0 Å². The maximum absolute atomic E-state index is 11.9. The highest BCUT2D eigenvalue weighted by Gasteiger charge is 2.19. The molecule has 1 saturated heterocycles. The molecule has 0 amide bonds. The number of para-hydroxylation sites is 1. The van der Waals surface area contributed by atoms with E-state index >= 15 is 0 Å². The first kappa shape index (κ1) is 16.3. The second kappa shape index (κ2) is 7.35. The molecule has 0 saturated carbocycles. The van der Waals surface area contributed by atoms with E-state index in [1.807, 2.05) is 67.0 Å². The molecule has 1 aliphatic heterocycles. The molecule has 0 N–H and O–H groups in total. The van der Waals surface area contributed by atoms with Crippen molar-refractivity contribution in [2.75, 3.05) is 13.1 Å². The summed E-state index contributed by atoms with van der Waals surface area (Å²) < 4.78 is 1.75. The first-order chi connectivity index (χ1) is 12.9. The number of aldehydes is 1. The quantitative estimate of drug-likeness (QED) is 0.398. The van der Waals surface area contributed by atoms with Crippen molar-refractivity contribution in [1.29, 1.82) is 0 Å². The number of hydrogen-bond acceptors (Lipinski definition) is 3. The Kier molecular flexibility index (Phi) is 4.60. The average Bonchev–Trinajstić information content (AvgIpc) is 3.35. The van der Waals surface area contributed by atoms with Gasteiger partial charge < -0.3 is 4.90 Å². The number of benzene rings is 2. The van der Waals surface area contributed by atoms with E-state index in [2.05, 4.69) is 9.89 Å². The Morgan fingerprint density at radius 3 is 2.23 bits per heavy atom. The molecule has 5 heteroatoms. The fourth-order valence-electron chi connectivity index (χ4n) is 3.21. The van der Waals surface area contributed by atoms with Gasteiger partial charge in [-0.05, 0) is 25.0 Å². The molecule has 2 aromatic carbocycles. The third-order valence-corrected chi connectivity index (χ3v) is 4.55. The minimum atomic E-state index is 0.510. The summed E-state index contributed by atoms with van der Waals surface area (Å²) in [5.41, 5.74) is 2.95. The number of hydrogen-bond donors (Lipinski definition) is 0. The Morgan fingerprint density at radius 1 is 0.923 bits per heavy atom. The molecule has 4 rings (SSSR count). The standard InChI is InChI=1S/C21H20N4O/c26-15-19-20(17-9-3-1-4-10-17)23-25(18-11-5-2-6-12-18)21(19)22-16-24-13-7-8-14-24/h1-6,9-12,15-16H,7-8,13-14H2. The molecule has 1 aliphatic rings. The van der Waals surface area contributed by atoms with E-state index in [9.17, 15) is 4.79 Å². The molecular weight excluding hydrogens is 324 g/mol. The van der Waals surface area contributed by atoms with Crippen LogP contribution in [0.1, 0.15) is 23.2 Å². The highest BCUT2D eigenvalue weighted by atomic mass is 16.1. The smallest absolute Gasteiger partial charge is 0.168 e. The SMILES string of the molecule is O=Cc1c(-c2ccccc2)nn(-c2ccccc2)c1N=CN1CCCC1. The summed E-state index contributed by atoms with van der Waals surface area (Å²) >= 11 is 0. The topological polar surface area (TPSA) is 50.5 Å². The molecule has 5 nitrogen and oxygen atoms in total. The Balaban J connectivity index is 1.86. The summed E-state index contributed by atoms with van der Waals surface area (Å²) in [5.74, 6) is 0.567. The molecule has 1 fully saturated rings. The highest BCUT2D eigenvalue weighted by Crippen LogP contribution is 2.31. The largest absolute Gasteiger partial charge is 0.363 e. The fraction of sp³-hybridized carbons (Fsp3) is 0.190. The van der Waals surface area contributed by atoms with Crippen molar-refractivity contribution in [3.8, 4) is 16.9 Å². The van der Waals surface area contributed by atoms with E-state index in [1.54, 1.807) is 4.68 Å². The molecule has 3 aromatic rings. The van der Waals surface area contributed by atoms with Crippen LogP contribution >= 0.6 is 0 Å². The van der Waals surface area contributed by atoms with Crippen molar-refractivity contribution in [2.45, 2.75) is 12.8 Å². The van der Waals surface area contributed by atoms with Gasteiger partial charge in [0, 0.05) is 18.7 Å². The van der Waals surface area contributed by atoms with Crippen LogP contribution in [0.3, 0.4) is 0 Å². The zero-order valence-electron chi connectivity index (χ0n) is 14.5. The number of carbonyl (C=O) groups excluding carboxylic acids is 1. The van der Waals surface area contributed by atoms with Crippen LogP contribution in [0.4, 0.5) is 5.82 Å². The predicted octanol–water partition coefficient (Wildman–Crippen LogP) is 4.11. The normalized spacial score (nSPS) is 14.2. The van der Waals surface area contributed by atoms with Crippen LogP contribution in [0.2, 0.25) is 0 Å². The van der Waals surface area contributed by atoms with Crippen LogP contribution in [0.25, 0.3) is 16.9 Å². The molecule has 0 atom stereocenters. The summed E-state index contributed by atoms with van der Waals surface area (Å²) in [7, 11) is 0. The minimum Gasteiger partial charge on any atom is -0.363 e. The number of carbonyl (C=O) groups is 1. The predicted molar refractivity (Wildman–Crippen MR) is 103 cm³/mol. The Labute approximate surface area is 152 Å². The van der Waals surface area contributed by atoms with Gasteiger partial charge in [0.05, 0.1) is 17.6 Å². The molecule has 26 heavy (non-hydrogen) atoms. The van der Waals surface area contributed by atoms with E-state index in [0.29, 0.717) is 17.1 Å². The molecule has 2 heterocycles. The number of nitrogens with zero attached hydrogens (tertiary/aromatic N) is 4. The van der Waals surface area contributed by atoms with E-state index in [1.165, 1.54) is 12.8 Å². The van der Waals surface area contributed by atoms with Crippen LogP contribution in [0, 0.1) is 0 Å². The highest BCUT2D eigenvalue weighted by molar-refractivity contribution is 5.92. The van der Waals surface area contributed by atoms with Gasteiger partial charge in [-0.15, -0.1) is 0 Å². The van der Waals surface area contributed by atoms with Gasteiger partial charge in [0.1, 0.15) is 5.69 Å². The van der Waals surface area contributed by atoms with Crippen LogP contribution in [0.15, 0.2) is 65.7 Å². The zero-order valence-corrected chi connectivity index (χ0v) is 14.5. The molecule has 0 radical (unpaired) electrons. The van der Waals surface area contributed by atoms with Crippen LogP contribution < -0.4 is 0 Å². The van der Waals surface area contributed by atoms with Gasteiger partial charge in [0.15, 0.2) is 12.1 Å². The van der Waals surface area contributed by atoms with Gasteiger partial charge in [-0.25, -0.2) is 9.67 Å². The minimum absolute atomic E-state index is 0.510. The number of likely N-dealkylation sites (tertiary alicyclic amines) is 1. The monoisotopic (exact) mass is 344 g/mol. The van der Waals surface area contributed by atoms with Gasteiger partial charge in [-0.2, -0.15) is 5.10 Å². The van der Waals surface area contributed by atoms with E-state index in [4.69, 9.17) is 5.10 Å². The van der Waals surface area contributed by atoms with Crippen molar-refractivity contribution < 1.29 is 4.79 Å². The summed E-state index contributed by atoms with van der Waals surface area (Å²) in [5, 5.41) is 4.72. The van der Waals surface area contributed by atoms with Crippen molar-refractivity contribution in [2.24, 2.45) is 4.99 Å². The lowest BCUT2D eigenvalue weighted by Gasteiger charge is -2.10. The second-order valence-corrected chi connectivity index (χ2v) is 6.30. The lowest BCUT2D eigenvalue weighted by Crippen LogP contribution is -2.16. The summed E-state index contributed by atoms with van der Waals surface area (Å²) in [6.45, 7) is 2.01. The first-order valence-electron chi connectivity index (χ1n) is 8.84. The Hall–Kier alpha value is -3.21. The molecule has 0 spiro atoms. The Bertz CT molecular complexity index is 910. The van der Waals surface area contributed by atoms with Gasteiger partial charge in [0.2, 0.25) is 0 Å². The Morgan fingerprint density at radius 2 is 1.58 bits per heavy atom. The first-order valence-corrected chi connectivity index (χ1v) is 8.84. The zero-order chi connectivity index (χ0) is 17.8. The summed E-state index contributed by atoms with van der Waals surface area (Å²) in [6.07, 6.45) is 5.05. The van der Waals surface area contributed by atoms with Crippen molar-refractivity contribution >= 4 is 18.4 Å². The third-order valence-electron chi connectivity index (χ3n) is 4.55. The van der Waals surface area contributed by atoms with Gasteiger partial charge in [0.25, 0.3) is 0 Å². The summed E-state index contributed by atoms with van der Waals surface area (Å²) in [4.78, 5) is 18.8. The van der Waals surface area contributed by atoms with Gasteiger partial charge >= 0.3 is 0 Å². The van der Waals surface area contributed by atoms with E-state index in [0.717, 1.165) is 30.6 Å². The maximum atomic E-state index is 11.9. The van der Waals surface area contributed by atoms with Gasteiger partial charge in [-0.1, -0.05) is 48.5 Å². The number of rotatable bonds is 5. The molecule has 0 unspecified atom stereocenters.